The average Bonchev–Trinajstić information content (AvgIpc) is 2.91. The third kappa shape index (κ3) is 15.3. The molecular formula is C27H43Cl4N5O. The van der Waals surface area contributed by atoms with Gasteiger partial charge in [-0.3, -0.25) is 0 Å². The minimum absolute atomic E-state index is 0.159. The zero-order valence-corrected chi connectivity index (χ0v) is 25.5. The predicted octanol–water partition coefficient (Wildman–Crippen LogP) is 7.47. The van der Waals surface area contributed by atoms with E-state index in [1.165, 1.54) is 0 Å². The van der Waals surface area contributed by atoms with Gasteiger partial charge in [-0.2, -0.15) is 0 Å². The maximum absolute atomic E-state index is 11.7. The molecule has 10 heteroatoms. The highest BCUT2D eigenvalue weighted by molar-refractivity contribution is 6.19. The van der Waals surface area contributed by atoms with Crippen molar-refractivity contribution in [2.75, 3.05) is 70.5 Å². The van der Waals surface area contributed by atoms with Gasteiger partial charge in [0.1, 0.15) is 0 Å². The lowest BCUT2D eigenvalue weighted by atomic mass is 10.2. The zero-order valence-electron chi connectivity index (χ0n) is 22.5. The number of nitrogens with zero attached hydrogens (tertiary/aromatic N) is 2. The predicted molar refractivity (Wildman–Crippen MR) is 168 cm³/mol. The van der Waals surface area contributed by atoms with E-state index in [0.717, 1.165) is 55.3 Å². The number of benzene rings is 2. The van der Waals surface area contributed by atoms with E-state index >= 15 is 0 Å². The molecule has 0 radical (unpaired) electrons. The number of urea groups is 1. The first-order valence-electron chi connectivity index (χ1n) is 12.6. The lowest BCUT2D eigenvalue weighted by Crippen LogP contribution is -2.35. The van der Waals surface area contributed by atoms with Crippen molar-refractivity contribution < 1.29 is 4.79 Å². The Morgan fingerprint density at radius 3 is 1.51 bits per heavy atom. The first-order valence-corrected chi connectivity index (χ1v) is 14.8. The van der Waals surface area contributed by atoms with E-state index in [9.17, 15) is 4.79 Å². The quantitative estimate of drug-likeness (QED) is 0.166. The van der Waals surface area contributed by atoms with Crippen LogP contribution in [0.2, 0.25) is 0 Å². The Morgan fingerprint density at radius 2 is 1.16 bits per heavy atom. The summed E-state index contributed by atoms with van der Waals surface area (Å²) in [5.74, 6) is 2.30. The first kappa shape index (κ1) is 35.3. The van der Waals surface area contributed by atoms with Gasteiger partial charge >= 0.3 is 6.03 Å². The highest BCUT2D eigenvalue weighted by Gasteiger charge is 2.08. The van der Waals surface area contributed by atoms with E-state index in [1.54, 1.807) is 0 Å². The fourth-order valence-electron chi connectivity index (χ4n) is 3.08. The molecule has 0 bridgehead atoms. The van der Waals surface area contributed by atoms with E-state index in [2.05, 4.69) is 20.4 Å². The summed E-state index contributed by atoms with van der Waals surface area (Å²) in [6, 6.07) is 15.4. The van der Waals surface area contributed by atoms with Gasteiger partial charge in [0.15, 0.2) is 0 Å². The second kappa shape index (κ2) is 22.3. The molecule has 2 rings (SSSR count). The number of anilines is 4. The summed E-state index contributed by atoms with van der Waals surface area (Å²) in [7, 11) is 0. The SMILES string of the molecule is CC.CCC(C)NC(=O)Nc1ccc(N(CCCl)CCCl)cc1.Nc1ccc(N(CCCl)CCCl)cc1. The van der Waals surface area contributed by atoms with Gasteiger partial charge in [-0.1, -0.05) is 20.8 Å². The van der Waals surface area contributed by atoms with Crippen molar-refractivity contribution in [3.05, 3.63) is 48.5 Å². The third-order valence-electron chi connectivity index (χ3n) is 5.16. The van der Waals surface area contributed by atoms with E-state index in [0.29, 0.717) is 23.5 Å². The molecule has 0 spiro atoms. The van der Waals surface area contributed by atoms with E-state index in [1.807, 2.05) is 76.2 Å². The molecule has 0 heterocycles. The molecule has 2 aromatic rings. The lowest BCUT2D eigenvalue weighted by Gasteiger charge is -2.23. The third-order valence-corrected chi connectivity index (χ3v) is 5.83. The number of nitrogens with two attached hydrogens (primary N) is 1. The Kier molecular flexibility index (Phi) is 21.2. The van der Waals surface area contributed by atoms with E-state index in [-0.39, 0.29) is 12.1 Å². The van der Waals surface area contributed by atoms with Crippen LogP contribution in [0.15, 0.2) is 48.5 Å². The zero-order chi connectivity index (χ0) is 28.1. The van der Waals surface area contributed by atoms with Crippen LogP contribution in [-0.4, -0.2) is 61.8 Å². The number of nitrogens with one attached hydrogen (secondary N) is 2. The van der Waals surface area contributed by atoms with Gasteiger partial charge in [-0.15, -0.1) is 46.4 Å². The molecule has 6 nitrogen and oxygen atoms in total. The average molecular weight is 595 g/mol. The van der Waals surface area contributed by atoms with Crippen LogP contribution in [0.3, 0.4) is 0 Å². The number of carbonyl (C=O) groups excluding carboxylic acids is 1. The topological polar surface area (TPSA) is 73.6 Å². The lowest BCUT2D eigenvalue weighted by molar-refractivity contribution is 0.249. The molecule has 0 aromatic heterocycles. The molecule has 0 aliphatic rings. The summed E-state index contributed by atoms with van der Waals surface area (Å²) < 4.78 is 0. The minimum Gasteiger partial charge on any atom is -0.399 e. The molecule has 0 fully saturated rings. The highest BCUT2D eigenvalue weighted by Crippen LogP contribution is 2.18. The van der Waals surface area contributed by atoms with Crippen LogP contribution >= 0.6 is 46.4 Å². The Labute approximate surface area is 243 Å². The Bertz CT molecular complexity index is 813. The van der Waals surface area contributed by atoms with Crippen molar-refractivity contribution in [1.29, 1.82) is 0 Å². The van der Waals surface area contributed by atoms with Crippen molar-refractivity contribution in [3.63, 3.8) is 0 Å². The van der Waals surface area contributed by atoms with Crippen molar-refractivity contribution >= 4 is 75.2 Å². The fraction of sp³-hybridized carbons (Fsp3) is 0.519. The molecule has 2 amide bonds. The molecule has 210 valence electrons. The first-order chi connectivity index (χ1) is 17.9. The second-order valence-electron chi connectivity index (χ2n) is 7.78. The summed E-state index contributed by atoms with van der Waals surface area (Å²) in [5.41, 5.74) is 9.29. The highest BCUT2D eigenvalue weighted by atomic mass is 35.5. The molecular weight excluding hydrogens is 552 g/mol. The van der Waals surface area contributed by atoms with Crippen LogP contribution in [0.25, 0.3) is 0 Å². The summed E-state index contributed by atoms with van der Waals surface area (Å²) in [5, 5.41) is 5.68. The van der Waals surface area contributed by atoms with Gasteiger partial charge in [0.2, 0.25) is 0 Å². The monoisotopic (exact) mass is 593 g/mol. The van der Waals surface area contributed by atoms with Crippen molar-refractivity contribution in [3.8, 4) is 0 Å². The number of hydrogen-bond donors (Lipinski definition) is 3. The van der Waals surface area contributed by atoms with Crippen LogP contribution in [0.5, 0.6) is 0 Å². The van der Waals surface area contributed by atoms with Crippen molar-refractivity contribution in [2.24, 2.45) is 0 Å². The van der Waals surface area contributed by atoms with Gasteiger partial charge < -0.3 is 26.2 Å². The van der Waals surface area contributed by atoms with Crippen LogP contribution < -0.4 is 26.2 Å². The number of amides is 2. The van der Waals surface area contributed by atoms with Gasteiger partial charge in [0.25, 0.3) is 0 Å². The molecule has 0 saturated heterocycles. The summed E-state index contributed by atoms with van der Waals surface area (Å²) in [6.45, 7) is 11.1. The molecule has 1 unspecified atom stereocenters. The number of nitrogen functional groups attached to an aromatic ring is 1. The van der Waals surface area contributed by atoms with Crippen LogP contribution in [-0.2, 0) is 0 Å². The molecule has 1 atom stereocenters. The van der Waals surface area contributed by atoms with E-state index < -0.39 is 0 Å². The van der Waals surface area contributed by atoms with Gasteiger partial charge in [0.05, 0.1) is 0 Å². The Morgan fingerprint density at radius 1 is 0.784 bits per heavy atom. The maximum Gasteiger partial charge on any atom is 0.319 e. The number of alkyl halides is 4. The number of halogens is 4. The minimum atomic E-state index is -0.185. The summed E-state index contributed by atoms with van der Waals surface area (Å²) >= 11 is 23.0. The number of hydrogen-bond acceptors (Lipinski definition) is 4. The molecule has 0 aliphatic carbocycles. The van der Waals surface area contributed by atoms with Crippen LogP contribution in [0, 0.1) is 0 Å². The number of carbonyl (C=O) groups is 1. The molecule has 0 aliphatic heterocycles. The largest absolute Gasteiger partial charge is 0.399 e. The summed E-state index contributed by atoms with van der Waals surface area (Å²) in [6.07, 6.45) is 0.901. The second-order valence-corrected chi connectivity index (χ2v) is 9.29. The molecule has 37 heavy (non-hydrogen) atoms. The van der Waals surface area contributed by atoms with Crippen molar-refractivity contribution in [1.82, 2.24) is 5.32 Å². The Balaban J connectivity index is 0.000000702. The number of rotatable bonds is 13. The standard InChI is InChI=1S/C15H23Cl2N3O.C10H14Cl2N2.C2H6/c1-3-12(2)18-15(21)19-13-4-6-14(7-5-13)20(10-8-16)11-9-17;11-5-7-14(8-6-12)10-3-1-9(13)2-4-10;1-2/h4-7,12H,3,8-11H2,1-2H3,(H2,18,19,21);1-4H,5-8,13H2;1-2H3. The van der Waals surface area contributed by atoms with Gasteiger partial charge in [0, 0.05) is 78.5 Å². The maximum atomic E-state index is 11.7. The Hall–Kier alpha value is -1.73. The molecule has 0 saturated carbocycles. The molecule has 2 aromatic carbocycles. The van der Waals surface area contributed by atoms with Crippen LogP contribution in [0.4, 0.5) is 27.5 Å². The fourth-order valence-corrected chi connectivity index (χ4v) is 3.90. The summed E-state index contributed by atoms with van der Waals surface area (Å²) in [4.78, 5) is 16.0. The molecule has 4 N–H and O–H groups in total. The normalized spacial score (nSPS) is 10.7. The van der Waals surface area contributed by atoms with Crippen molar-refractivity contribution in [2.45, 2.75) is 40.2 Å². The van der Waals surface area contributed by atoms with Gasteiger partial charge in [-0.05, 0) is 61.9 Å². The van der Waals surface area contributed by atoms with Gasteiger partial charge in [-0.25, -0.2) is 4.79 Å². The van der Waals surface area contributed by atoms with Crippen LogP contribution in [0.1, 0.15) is 34.1 Å². The van der Waals surface area contributed by atoms with E-state index in [4.69, 9.17) is 52.1 Å². The smallest absolute Gasteiger partial charge is 0.319 e.